The number of hydrogen-bond donors (Lipinski definition) is 0. The molecular formula is C5H2Cl2O2. The summed E-state index contributed by atoms with van der Waals surface area (Å²) < 4.78 is 4.63. The number of halogens is 2. The van der Waals surface area contributed by atoms with Crippen LogP contribution in [0.5, 0.6) is 0 Å². The third-order valence-corrected chi connectivity index (χ3v) is 1.44. The Balaban J connectivity index is 3.11. The number of furan rings is 1. The molecule has 4 heteroatoms. The second-order valence-corrected chi connectivity index (χ2v) is 2.14. The quantitative estimate of drug-likeness (QED) is 0.598. The number of aldehydes is 1. The molecule has 0 aliphatic heterocycles. The monoisotopic (exact) mass is 164 g/mol. The van der Waals surface area contributed by atoms with E-state index in [-0.39, 0.29) is 16.0 Å². The van der Waals surface area contributed by atoms with Gasteiger partial charge in [-0.25, -0.2) is 0 Å². The Hall–Kier alpha value is -0.470. The first-order valence-electron chi connectivity index (χ1n) is 2.14. The van der Waals surface area contributed by atoms with Gasteiger partial charge in [0, 0.05) is 6.07 Å². The van der Waals surface area contributed by atoms with Crippen molar-refractivity contribution in [3.05, 3.63) is 22.1 Å². The number of carbonyl (C=O) groups is 1. The molecule has 0 saturated heterocycles. The number of rotatable bonds is 1. The standard InChI is InChI=1S/C5H2Cl2O2/c6-4-1-3(2-8)9-5(4)7/h1-2H. The van der Waals surface area contributed by atoms with E-state index in [9.17, 15) is 4.79 Å². The molecule has 0 aliphatic carbocycles. The Labute approximate surface area is 61.4 Å². The Kier molecular flexibility index (Phi) is 1.78. The zero-order chi connectivity index (χ0) is 6.85. The average Bonchev–Trinajstić information content (AvgIpc) is 2.13. The first-order chi connectivity index (χ1) is 4.24. The van der Waals surface area contributed by atoms with Crippen molar-refractivity contribution in [2.24, 2.45) is 0 Å². The lowest BCUT2D eigenvalue weighted by Gasteiger charge is -1.75. The summed E-state index contributed by atoms with van der Waals surface area (Å²) in [6.45, 7) is 0. The molecule has 0 atom stereocenters. The second-order valence-electron chi connectivity index (χ2n) is 1.39. The first-order valence-corrected chi connectivity index (χ1v) is 2.89. The van der Waals surface area contributed by atoms with Crippen LogP contribution < -0.4 is 0 Å². The number of carbonyl (C=O) groups excluding carboxylic acids is 1. The van der Waals surface area contributed by atoms with E-state index in [4.69, 9.17) is 23.2 Å². The topological polar surface area (TPSA) is 30.2 Å². The molecule has 0 bridgehead atoms. The Morgan fingerprint density at radius 2 is 2.22 bits per heavy atom. The predicted octanol–water partition coefficient (Wildman–Crippen LogP) is 2.40. The molecule has 1 aromatic rings. The van der Waals surface area contributed by atoms with E-state index >= 15 is 0 Å². The average molecular weight is 165 g/mol. The lowest BCUT2D eigenvalue weighted by Crippen LogP contribution is -1.65. The third kappa shape index (κ3) is 1.26. The summed E-state index contributed by atoms with van der Waals surface area (Å²) in [5.74, 6) is 0.144. The summed E-state index contributed by atoms with van der Waals surface area (Å²) in [5.41, 5.74) is 0. The van der Waals surface area contributed by atoms with Crippen molar-refractivity contribution >= 4 is 29.5 Å². The highest BCUT2D eigenvalue weighted by Gasteiger charge is 2.03. The molecule has 1 rings (SSSR count). The van der Waals surface area contributed by atoms with Crippen LogP contribution >= 0.6 is 23.2 Å². The molecule has 0 amide bonds. The van der Waals surface area contributed by atoms with Crippen molar-refractivity contribution in [3.63, 3.8) is 0 Å². The van der Waals surface area contributed by atoms with Gasteiger partial charge < -0.3 is 4.42 Å². The molecule has 0 spiro atoms. The fourth-order valence-electron chi connectivity index (χ4n) is 0.421. The van der Waals surface area contributed by atoms with E-state index in [0.29, 0.717) is 6.29 Å². The molecule has 0 radical (unpaired) electrons. The van der Waals surface area contributed by atoms with Crippen LogP contribution in [0.25, 0.3) is 0 Å². The molecule has 0 fully saturated rings. The zero-order valence-electron chi connectivity index (χ0n) is 4.23. The molecule has 0 saturated carbocycles. The van der Waals surface area contributed by atoms with Gasteiger partial charge in [0.2, 0.25) is 5.22 Å². The van der Waals surface area contributed by atoms with E-state index in [1.807, 2.05) is 0 Å². The lowest BCUT2D eigenvalue weighted by atomic mass is 10.5. The van der Waals surface area contributed by atoms with Gasteiger partial charge in [-0.1, -0.05) is 11.6 Å². The van der Waals surface area contributed by atoms with Gasteiger partial charge in [-0.15, -0.1) is 0 Å². The van der Waals surface area contributed by atoms with Crippen molar-refractivity contribution in [3.8, 4) is 0 Å². The van der Waals surface area contributed by atoms with Crippen LogP contribution in [-0.2, 0) is 0 Å². The van der Waals surface area contributed by atoms with Crippen LogP contribution in [0.2, 0.25) is 10.2 Å². The van der Waals surface area contributed by atoms with E-state index in [1.54, 1.807) is 0 Å². The minimum Gasteiger partial charge on any atom is -0.440 e. The summed E-state index contributed by atoms with van der Waals surface area (Å²) in [4.78, 5) is 9.96. The van der Waals surface area contributed by atoms with Crippen molar-refractivity contribution < 1.29 is 9.21 Å². The summed E-state index contributed by atoms with van der Waals surface area (Å²) >= 11 is 10.8. The smallest absolute Gasteiger partial charge is 0.212 e. The highest BCUT2D eigenvalue weighted by molar-refractivity contribution is 6.41. The minimum atomic E-state index is 0.0544. The summed E-state index contributed by atoms with van der Waals surface area (Å²) in [7, 11) is 0. The zero-order valence-corrected chi connectivity index (χ0v) is 5.74. The molecule has 0 N–H and O–H groups in total. The predicted molar refractivity (Wildman–Crippen MR) is 34.1 cm³/mol. The molecule has 0 unspecified atom stereocenters. The van der Waals surface area contributed by atoms with Gasteiger partial charge in [-0.3, -0.25) is 4.79 Å². The second kappa shape index (κ2) is 2.42. The van der Waals surface area contributed by atoms with Gasteiger partial charge in [0.25, 0.3) is 0 Å². The Morgan fingerprint density at radius 3 is 2.44 bits per heavy atom. The highest BCUT2D eigenvalue weighted by atomic mass is 35.5. The van der Waals surface area contributed by atoms with E-state index in [2.05, 4.69) is 4.42 Å². The minimum absolute atomic E-state index is 0.0544. The van der Waals surface area contributed by atoms with Crippen LogP contribution in [0.4, 0.5) is 0 Å². The lowest BCUT2D eigenvalue weighted by molar-refractivity contribution is 0.110. The van der Waals surface area contributed by atoms with Gasteiger partial charge in [-0.05, 0) is 11.6 Å². The Bertz CT molecular complexity index is 209. The Morgan fingerprint density at radius 1 is 1.56 bits per heavy atom. The normalized spacial score (nSPS) is 9.56. The van der Waals surface area contributed by atoms with Crippen LogP contribution in [0.1, 0.15) is 10.6 Å². The first kappa shape index (κ1) is 6.65. The number of hydrogen-bond acceptors (Lipinski definition) is 2. The van der Waals surface area contributed by atoms with Crippen LogP contribution in [0.3, 0.4) is 0 Å². The van der Waals surface area contributed by atoms with Gasteiger partial charge in [0.15, 0.2) is 12.0 Å². The highest BCUT2D eigenvalue weighted by Crippen LogP contribution is 2.24. The molecule has 48 valence electrons. The largest absolute Gasteiger partial charge is 0.440 e. The van der Waals surface area contributed by atoms with E-state index < -0.39 is 0 Å². The van der Waals surface area contributed by atoms with Gasteiger partial charge >= 0.3 is 0 Å². The maximum atomic E-state index is 9.96. The van der Waals surface area contributed by atoms with Crippen LogP contribution in [-0.4, -0.2) is 6.29 Å². The van der Waals surface area contributed by atoms with Crippen LogP contribution in [0.15, 0.2) is 10.5 Å². The summed E-state index contributed by atoms with van der Waals surface area (Å²) in [6, 6.07) is 1.36. The molecule has 0 aromatic carbocycles. The van der Waals surface area contributed by atoms with Crippen molar-refractivity contribution in [1.82, 2.24) is 0 Å². The molecule has 1 heterocycles. The fourth-order valence-corrected chi connectivity index (χ4v) is 0.711. The van der Waals surface area contributed by atoms with E-state index in [1.165, 1.54) is 6.07 Å². The molecule has 0 aliphatic rings. The maximum Gasteiger partial charge on any atom is 0.212 e. The maximum absolute atomic E-state index is 9.96. The fraction of sp³-hybridized carbons (Fsp3) is 0. The van der Waals surface area contributed by atoms with Gasteiger partial charge in [0.1, 0.15) is 0 Å². The van der Waals surface area contributed by atoms with E-state index in [0.717, 1.165) is 0 Å². The van der Waals surface area contributed by atoms with Crippen LogP contribution in [0, 0.1) is 0 Å². The molecule has 9 heavy (non-hydrogen) atoms. The van der Waals surface area contributed by atoms with Gasteiger partial charge in [0.05, 0.1) is 5.02 Å². The molecule has 2 nitrogen and oxygen atoms in total. The van der Waals surface area contributed by atoms with Crippen molar-refractivity contribution in [1.29, 1.82) is 0 Å². The van der Waals surface area contributed by atoms with Crippen molar-refractivity contribution in [2.75, 3.05) is 0 Å². The SMILES string of the molecule is O=Cc1cc(Cl)c(Cl)o1. The third-order valence-electron chi connectivity index (χ3n) is 0.780. The van der Waals surface area contributed by atoms with Gasteiger partial charge in [-0.2, -0.15) is 0 Å². The van der Waals surface area contributed by atoms with Crippen molar-refractivity contribution in [2.45, 2.75) is 0 Å². The molecule has 1 aromatic heterocycles. The summed E-state index contributed by atoms with van der Waals surface area (Å²) in [5, 5.41) is 0.317. The summed E-state index contributed by atoms with van der Waals surface area (Å²) in [6.07, 6.45) is 0.539. The molecular weight excluding hydrogens is 163 g/mol.